The zero-order chi connectivity index (χ0) is 13.7. The fourth-order valence-electron chi connectivity index (χ4n) is 2.19. The largest absolute Gasteiger partial charge is 0.498 e. The van der Waals surface area contributed by atoms with Crippen molar-refractivity contribution >= 4 is 0 Å². The van der Waals surface area contributed by atoms with Crippen LogP contribution in [0.5, 0.6) is 0 Å². The molecule has 0 spiro atoms. The zero-order valence-corrected chi connectivity index (χ0v) is 11.4. The fraction of sp³-hybridized carbons (Fsp3) is 0.600. The monoisotopic (exact) mass is 256 g/mol. The summed E-state index contributed by atoms with van der Waals surface area (Å²) in [5, 5.41) is 0. The van der Waals surface area contributed by atoms with Crippen LogP contribution >= 0.6 is 0 Å². The first-order chi connectivity index (χ1) is 8.51. The van der Waals surface area contributed by atoms with Gasteiger partial charge >= 0.3 is 0 Å². The summed E-state index contributed by atoms with van der Waals surface area (Å²) >= 11 is 0. The maximum atomic E-state index is 13.9. The molecule has 0 bridgehead atoms. The molecule has 0 saturated heterocycles. The second kappa shape index (κ2) is 6.72. The van der Waals surface area contributed by atoms with Crippen LogP contribution in [0.4, 0.5) is 8.78 Å². The summed E-state index contributed by atoms with van der Waals surface area (Å²) < 4.78 is 32.3. The molecule has 1 aliphatic carbocycles. The lowest BCUT2D eigenvalue weighted by Crippen LogP contribution is -2.10. The van der Waals surface area contributed by atoms with E-state index >= 15 is 0 Å². The Morgan fingerprint density at radius 1 is 1.22 bits per heavy atom. The molecule has 2 atom stereocenters. The van der Waals surface area contributed by atoms with Crippen molar-refractivity contribution in [2.75, 3.05) is 7.11 Å². The molecule has 0 heterocycles. The van der Waals surface area contributed by atoms with E-state index in [0.717, 1.165) is 12.8 Å². The Balaban J connectivity index is 2.74. The second-order valence-electron chi connectivity index (χ2n) is 4.97. The summed E-state index contributed by atoms with van der Waals surface area (Å²) in [6, 6.07) is 0. The van der Waals surface area contributed by atoms with Gasteiger partial charge in [-0.05, 0) is 36.7 Å². The molecular weight excluding hydrogens is 234 g/mol. The third-order valence-corrected chi connectivity index (χ3v) is 3.64. The zero-order valence-electron chi connectivity index (χ0n) is 11.4. The van der Waals surface area contributed by atoms with Crippen LogP contribution in [0.2, 0.25) is 0 Å². The molecule has 2 unspecified atom stereocenters. The predicted octanol–water partition coefficient (Wildman–Crippen LogP) is 5.07. The molecule has 0 saturated carbocycles. The molecule has 0 N–H and O–H groups in total. The highest BCUT2D eigenvalue weighted by atomic mass is 19.2. The standard InChI is InChI=1S/C15H22F2O/c1-5-10(2)6-7-11(3)12-8-9-13(18-4)15(17)14(12)16/h5,10-11H,1,6-9H2,2-4H3. The summed E-state index contributed by atoms with van der Waals surface area (Å²) in [4.78, 5) is 0. The minimum absolute atomic E-state index is 0.0663. The number of allylic oxidation sites excluding steroid dienone is 5. The molecule has 1 rings (SSSR count). The first kappa shape index (κ1) is 14.9. The smallest absolute Gasteiger partial charge is 0.196 e. The second-order valence-corrected chi connectivity index (χ2v) is 4.97. The highest BCUT2D eigenvalue weighted by Crippen LogP contribution is 2.37. The third-order valence-electron chi connectivity index (χ3n) is 3.64. The average molecular weight is 256 g/mol. The van der Waals surface area contributed by atoms with Crippen molar-refractivity contribution in [2.45, 2.75) is 39.5 Å². The van der Waals surface area contributed by atoms with Crippen LogP contribution in [-0.2, 0) is 4.74 Å². The predicted molar refractivity (Wildman–Crippen MR) is 70.3 cm³/mol. The van der Waals surface area contributed by atoms with Gasteiger partial charge in [0.1, 0.15) is 5.76 Å². The van der Waals surface area contributed by atoms with Gasteiger partial charge in [0.05, 0.1) is 7.11 Å². The van der Waals surface area contributed by atoms with Crippen molar-refractivity contribution < 1.29 is 13.5 Å². The average Bonchev–Trinajstić information content (AvgIpc) is 2.38. The van der Waals surface area contributed by atoms with Crippen LogP contribution in [-0.4, -0.2) is 7.11 Å². The summed E-state index contributed by atoms with van der Waals surface area (Å²) in [6.45, 7) is 7.76. The minimum Gasteiger partial charge on any atom is -0.498 e. The highest BCUT2D eigenvalue weighted by molar-refractivity contribution is 5.33. The summed E-state index contributed by atoms with van der Waals surface area (Å²) in [6.07, 6.45) is 4.69. The van der Waals surface area contributed by atoms with Gasteiger partial charge in [-0.1, -0.05) is 19.9 Å². The van der Waals surface area contributed by atoms with Gasteiger partial charge in [0, 0.05) is 6.42 Å². The molecule has 0 aromatic rings. The summed E-state index contributed by atoms with van der Waals surface area (Å²) in [5.74, 6) is -0.923. The van der Waals surface area contributed by atoms with Crippen molar-refractivity contribution in [3.8, 4) is 0 Å². The van der Waals surface area contributed by atoms with E-state index < -0.39 is 11.7 Å². The lowest BCUT2D eigenvalue weighted by molar-refractivity contribution is 0.251. The van der Waals surface area contributed by atoms with Crippen LogP contribution in [0.1, 0.15) is 39.5 Å². The Bertz CT molecular complexity index is 369. The van der Waals surface area contributed by atoms with E-state index in [-0.39, 0.29) is 11.7 Å². The Morgan fingerprint density at radius 2 is 1.89 bits per heavy atom. The number of hydrogen-bond donors (Lipinski definition) is 0. The van der Waals surface area contributed by atoms with Gasteiger partial charge in [0.2, 0.25) is 0 Å². The van der Waals surface area contributed by atoms with Gasteiger partial charge < -0.3 is 4.74 Å². The quantitative estimate of drug-likeness (QED) is 0.603. The molecule has 0 aromatic heterocycles. The first-order valence-electron chi connectivity index (χ1n) is 6.45. The lowest BCUT2D eigenvalue weighted by Gasteiger charge is -2.22. The molecule has 0 fully saturated rings. The SMILES string of the molecule is C=CC(C)CCC(C)C1=C(F)C(F)=C(OC)CC1. The summed E-state index contributed by atoms with van der Waals surface area (Å²) in [5.41, 5.74) is 0.588. The molecule has 3 heteroatoms. The van der Waals surface area contributed by atoms with E-state index in [1.807, 2.05) is 13.0 Å². The Morgan fingerprint density at radius 3 is 2.44 bits per heavy atom. The van der Waals surface area contributed by atoms with E-state index in [1.165, 1.54) is 7.11 Å². The van der Waals surface area contributed by atoms with Gasteiger partial charge in [-0.2, -0.15) is 0 Å². The minimum atomic E-state index is -0.817. The normalized spacial score (nSPS) is 19.8. The molecule has 102 valence electrons. The molecule has 1 aliphatic rings. The van der Waals surface area contributed by atoms with E-state index in [0.29, 0.717) is 24.3 Å². The van der Waals surface area contributed by atoms with Gasteiger partial charge in [0.15, 0.2) is 11.7 Å². The fourth-order valence-corrected chi connectivity index (χ4v) is 2.19. The number of ether oxygens (including phenoxy) is 1. The van der Waals surface area contributed by atoms with Crippen molar-refractivity contribution in [3.05, 3.63) is 35.6 Å². The van der Waals surface area contributed by atoms with Crippen molar-refractivity contribution in [1.82, 2.24) is 0 Å². The highest BCUT2D eigenvalue weighted by Gasteiger charge is 2.26. The molecule has 0 aliphatic heterocycles. The number of halogens is 2. The van der Waals surface area contributed by atoms with Crippen LogP contribution in [0.15, 0.2) is 35.6 Å². The molecule has 1 nitrogen and oxygen atoms in total. The Labute approximate surface area is 108 Å². The lowest BCUT2D eigenvalue weighted by atomic mass is 9.86. The van der Waals surface area contributed by atoms with Crippen LogP contribution in [0.3, 0.4) is 0 Å². The Kier molecular flexibility index (Phi) is 5.57. The van der Waals surface area contributed by atoms with Crippen LogP contribution < -0.4 is 0 Å². The topological polar surface area (TPSA) is 9.23 Å². The maximum absolute atomic E-state index is 13.9. The van der Waals surface area contributed by atoms with Gasteiger partial charge in [0.25, 0.3) is 0 Å². The molecule has 0 radical (unpaired) electrons. The number of rotatable bonds is 6. The van der Waals surface area contributed by atoms with Crippen LogP contribution in [0.25, 0.3) is 0 Å². The van der Waals surface area contributed by atoms with E-state index in [2.05, 4.69) is 13.5 Å². The third kappa shape index (κ3) is 3.44. The van der Waals surface area contributed by atoms with E-state index in [4.69, 9.17) is 4.74 Å². The maximum Gasteiger partial charge on any atom is 0.196 e. The van der Waals surface area contributed by atoms with Crippen molar-refractivity contribution in [3.63, 3.8) is 0 Å². The Hall–Kier alpha value is -1.12. The number of methoxy groups -OCH3 is 1. The van der Waals surface area contributed by atoms with Crippen LogP contribution in [0, 0.1) is 11.8 Å². The molecule has 0 aromatic carbocycles. The van der Waals surface area contributed by atoms with Gasteiger partial charge in [-0.25, -0.2) is 8.78 Å². The number of hydrogen-bond acceptors (Lipinski definition) is 1. The molecule has 18 heavy (non-hydrogen) atoms. The first-order valence-corrected chi connectivity index (χ1v) is 6.45. The summed E-state index contributed by atoms with van der Waals surface area (Å²) in [7, 11) is 1.38. The van der Waals surface area contributed by atoms with Gasteiger partial charge in [-0.3, -0.25) is 0 Å². The van der Waals surface area contributed by atoms with Crippen molar-refractivity contribution in [1.29, 1.82) is 0 Å². The van der Waals surface area contributed by atoms with Gasteiger partial charge in [-0.15, -0.1) is 6.58 Å². The molecule has 0 amide bonds. The van der Waals surface area contributed by atoms with E-state index in [1.54, 1.807) is 0 Å². The van der Waals surface area contributed by atoms with E-state index in [9.17, 15) is 8.78 Å². The van der Waals surface area contributed by atoms with Crippen molar-refractivity contribution in [2.24, 2.45) is 11.8 Å². The molecular formula is C15H22F2O.